The quantitative estimate of drug-likeness (QED) is 0.479. The molecular formula is C28H31FN4O3. The number of hydrogen-bond donors (Lipinski definition) is 0. The number of aromatic nitrogens is 2. The Bertz CT molecular complexity index is 1210. The van der Waals surface area contributed by atoms with Gasteiger partial charge in [0.1, 0.15) is 11.6 Å². The van der Waals surface area contributed by atoms with Crippen LogP contribution in [0.2, 0.25) is 0 Å². The molecule has 1 amide bonds. The Morgan fingerprint density at radius 3 is 2.61 bits per heavy atom. The SMILES string of the molecule is COc1cccc(N(C(=O)c2cnc(N3CCOCC3)nc2-c2ccccc2F)C2CCCCC2)c1. The van der Waals surface area contributed by atoms with Gasteiger partial charge < -0.3 is 19.3 Å². The third-order valence-electron chi connectivity index (χ3n) is 6.92. The fourth-order valence-electron chi connectivity index (χ4n) is 5.03. The van der Waals surface area contributed by atoms with Crippen molar-refractivity contribution < 1.29 is 18.7 Å². The molecule has 1 aromatic heterocycles. The van der Waals surface area contributed by atoms with Crippen LogP contribution in [0.5, 0.6) is 5.75 Å². The molecule has 0 atom stereocenters. The van der Waals surface area contributed by atoms with Crippen LogP contribution < -0.4 is 14.5 Å². The van der Waals surface area contributed by atoms with Crippen LogP contribution in [0.15, 0.2) is 54.7 Å². The zero-order valence-corrected chi connectivity index (χ0v) is 20.5. The summed E-state index contributed by atoms with van der Waals surface area (Å²) in [4.78, 5) is 27.4. The van der Waals surface area contributed by atoms with Gasteiger partial charge in [0.25, 0.3) is 5.91 Å². The lowest BCUT2D eigenvalue weighted by molar-refractivity contribution is 0.0970. The number of ether oxygens (including phenoxy) is 2. The molecule has 7 nitrogen and oxygen atoms in total. The largest absolute Gasteiger partial charge is 0.497 e. The molecule has 2 aliphatic rings. The van der Waals surface area contributed by atoms with E-state index >= 15 is 4.39 Å². The molecule has 2 aromatic carbocycles. The van der Waals surface area contributed by atoms with Gasteiger partial charge in [-0.25, -0.2) is 14.4 Å². The van der Waals surface area contributed by atoms with E-state index in [0.717, 1.165) is 37.8 Å². The summed E-state index contributed by atoms with van der Waals surface area (Å²) >= 11 is 0. The van der Waals surface area contributed by atoms with Crippen molar-refractivity contribution in [2.24, 2.45) is 0 Å². The number of methoxy groups -OCH3 is 1. The Balaban J connectivity index is 1.61. The molecule has 2 fully saturated rings. The number of anilines is 2. The lowest BCUT2D eigenvalue weighted by Gasteiger charge is -2.35. The van der Waals surface area contributed by atoms with Gasteiger partial charge in [-0.05, 0) is 37.1 Å². The molecule has 3 aromatic rings. The second kappa shape index (κ2) is 11.0. The number of morpholine rings is 1. The summed E-state index contributed by atoms with van der Waals surface area (Å²) in [6.45, 7) is 2.43. The molecule has 0 bridgehead atoms. The van der Waals surface area contributed by atoms with E-state index < -0.39 is 5.82 Å². The molecule has 8 heteroatoms. The van der Waals surface area contributed by atoms with E-state index in [9.17, 15) is 4.79 Å². The highest BCUT2D eigenvalue weighted by Crippen LogP contribution is 2.34. The minimum absolute atomic E-state index is 0.0331. The average molecular weight is 491 g/mol. The lowest BCUT2D eigenvalue weighted by atomic mass is 9.93. The van der Waals surface area contributed by atoms with Crippen LogP contribution in [0.3, 0.4) is 0 Å². The molecule has 1 saturated carbocycles. The van der Waals surface area contributed by atoms with Gasteiger partial charge in [0.15, 0.2) is 0 Å². The summed E-state index contributed by atoms with van der Waals surface area (Å²) in [6.07, 6.45) is 6.65. The normalized spacial score (nSPS) is 16.6. The maximum atomic E-state index is 15.0. The van der Waals surface area contributed by atoms with E-state index in [1.165, 1.54) is 6.07 Å². The lowest BCUT2D eigenvalue weighted by Crippen LogP contribution is -2.42. The molecule has 1 aliphatic heterocycles. The van der Waals surface area contributed by atoms with E-state index in [4.69, 9.17) is 14.5 Å². The second-order valence-electron chi connectivity index (χ2n) is 9.18. The van der Waals surface area contributed by atoms with Crippen LogP contribution in [0.1, 0.15) is 42.5 Å². The molecule has 0 spiro atoms. The van der Waals surface area contributed by atoms with Crippen molar-refractivity contribution in [1.82, 2.24) is 9.97 Å². The zero-order valence-electron chi connectivity index (χ0n) is 20.5. The molecular weight excluding hydrogens is 459 g/mol. The highest BCUT2D eigenvalue weighted by Gasteiger charge is 2.31. The average Bonchev–Trinajstić information content (AvgIpc) is 2.94. The third kappa shape index (κ3) is 5.04. The van der Waals surface area contributed by atoms with Crippen molar-refractivity contribution in [3.8, 4) is 17.0 Å². The first kappa shape index (κ1) is 24.2. The standard InChI is InChI=1S/C28H31FN4O3/c1-35-22-11-7-10-21(18-22)33(20-8-3-2-4-9-20)27(34)24-19-30-28(32-14-16-36-17-15-32)31-26(24)23-12-5-6-13-25(23)29/h5-7,10-13,18-20H,2-4,8-9,14-17H2,1H3. The Kier molecular flexibility index (Phi) is 7.41. The second-order valence-corrected chi connectivity index (χ2v) is 9.18. The summed E-state index contributed by atoms with van der Waals surface area (Å²) in [5, 5.41) is 0. The monoisotopic (exact) mass is 490 g/mol. The maximum absolute atomic E-state index is 15.0. The van der Waals surface area contributed by atoms with Crippen molar-refractivity contribution in [3.05, 3.63) is 66.1 Å². The Morgan fingerprint density at radius 1 is 1.08 bits per heavy atom. The number of amides is 1. The van der Waals surface area contributed by atoms with E-state index in [2.05, 4.69) is 4.98 Å². The van der Waals surface area contributed by atoms with Crippen LogP contribution in [-0.4, -0.2) is 55.3 Å². The fraction of sp³-hybridized carbons (Fsp3) is 0.393. The number of hydrogen-bond acceptors (Lipinski definition) is 6. The van der Waals surface area contributed by atoms with E-state index in [0.29, 0.717) is 43.7 Å². The van der Waals surface area contributed by atoms with Crippen molar-refractivity contribution >= 4 is 17.5 Å². The first-order valence-electron chi connectivity index (χ1n) is 12.6. The first-order chi connectivity index (χ1) is 17.7. The molecule has 0 N–H and O–H groups in total. The van der Waals surface area contributed by atoms with Crippen molar-refractivity contribution in [3.63, 3.8) is 0 Å². The minimum Gasteiger partial charge on any atom is -0.497 e. The minimum atomic E-state index is -0.427. The molecule has 2 heterocycles. The highest BCUT2D eigenvalue weighted by molar-refractivity contribution is 6.10. The van der Waals surface area contributed by atoms with Gasteiger partial charge in [-0.1, -0.05) is 37.5 Å². The molecule has 0 radical (unpaired) electrons. The van der Waals surface area contributed by atoms with Crippen LogP contribution in [0.4, 0.5) is 16.0 Å². The molecule has 1 saturated heterocycles. The van der Waals surface area contributed by atoms with Gasteiger partial charge in [-0.2, -0.15) is 0 Å². The van der Waals surface area contributed by atoms with Gasteiger partial charge in [0.2, 0.25) is 5.95 Å². The highest BCUT2D eigenvalue weighted by atomic mass is 19.1. The number of rotatable bonds is 6. The van der Waals surface area contributed by atoms with Crippen molar-refractivity contribution in [2.45, 2.75) is 38.1 Å². The number of carbonyl (C=O) groups excluding carboxylic acids is 1. The maximum Gasteiger partial charge on any atom is 0.262 e. The van der Waals surface area contributed by atoms with E-state index in [-0.39, 0.29) is 23.1 Å². The Hall–Kier alpha value is -3.52. The van der Waals surface area contributed by atoms with Crippen LogP contribution >= 0.6 is 0 Å². The van der Waals surface area contributed by atoms with Gasteiger partial charge in [-0.15, -0.1) is 0 Å². The summed E-state index contributed by atoms with van der Waals surface area (Å²) in [7, 11) is 1.61. The number of nitrogens with zero attached hydrogens (tertiary/aromatic N) is 4. The Labute approximate surface area is 210 Å². The molecule has 36 heavy (non-hydrogen) atoms. The fourth-order valence-corrected chi connectivity index (χ4v) is 5.03. The first-order valence-corrected chi connectivity index (χ1v) is 12.6. The van der Waals surface area contributed by atoms with E-state index in [1.54, 1.807) is 31.5 Å². The van der Waals surface area contributed by atoms with E-state index in [1.807, 2.05) is 34.1 Å². The topological polar surface area (TPSA) is 67.8 Å². The number of halogens is 1. The van der Waals surface area contributed by atoms with Crippen LogP contribution in [0.25, 0.3) is 11.3 Å². The molecule has 188 valence electrons. The predicted molar refractivity (Wildman–Crippen MR) is 137 cm³/mol. The zero-order chi connectivity index (χ0) is 24.9. The summed E-state index contributed by atoms with van der Waals surface area (Å²) in [5.74, 6) is 0.485. The summed E-state index contributed by atoms with van der Waals surface area (Å²) in [6, 6.07) is 14.0. The molecule has 1 aliphatic carbocycles. The molecule has 0 unspecified atom stereocenters. The Morgan fingerprint density at radius 2 is 1.86 bits per heavy atom. The number of carbonyl (C=O) groups is 1. The van der Waals surface area contributed by atoms with Gasteiger partial charge in [0, 0.05) is 42.6 Å². The summed E-state index contributed by atoms with van der Waals surface area (Å²) in [5.41, 5.74) is 1.62. The van der Waals surface area contributed by atoms with Gasteiger partial charge in [-0.3, -0.25) is 4.79 Å². The third-order valence-corrected chi connectivity index (χ3v) is 6.92. The predicted octanol–water partition coefficient (Wildman–Crippen LogP) is 5.11. The van der Waals surface area contributed by atoms with Crippen molar-refractivity contribution in [2.75, 3.05) is 43.2 Å². The number of benzene rings is 2. The van der Waals surface area contributed by atoms with Crippen molar-refractivity contribution in [1.29, 1.82) is 0 Å². The van der Waals surface area contributed by atoms with Gasteiger partial charge in [0.05, 0.1) is 31.6 Å². The van der Waals surface area contributed by atoms with Gasteiger partial charge >= 0.3 is 0 Å². The smallest absolute Gasteiger partial charge is 0.262 e. The van der Waals surface area contributed by atoms with Crippen LogP contribution in [-0.2, 0) is 4.74 Å². The summed E-state index contributed by atoms with van der Waals surface area (Å²) < 4.78 is 25.9. The molecule has 5 rings (SSSR count). The van der Waals surface area contributed by atoms with Crippen LogP contribution in [0, 0.1) is 5.82 Å².